The molecule has 0 amide bonds. The molecule has 1 fully saturated rings. The number of sulfonamides is 1. The van der Waals surface area contributed by atoms with E-state index in [0.29, 0.717) is 28.8 Å². The first-order chi connectivity index (χ1) is 9.55. The average Bonchev–Trinajstić information content (AvgIpc) is 2.36. The van der Waals surface area contributed by atoms with Crippen molar-refractivity contribution in [1.82, 2.24) is 9.21 Å². The van der Waals surface area contributed by atoms with E-state index in [1.165, 1.54) is 0 Å². The van der Waals surface area contributed by atoms with Gasteiger partial charge in [-0.15, -0.1) is 0 Å². The molecular formula is C14H22BrN3O2S. The van der Waals surface area contributed by atoms with Crippen LogP contribution in [0.4, 0.5) is 5.69 Å². The third kappa shape index (κ3) is 3.11. The van der Waals surface area contributed by atoms with Crippen LogP contribution in [0.15, 0.2) is 21.5 Å². The highest BCUT2D eigenvalue weighted by atomic mass is 79.9. The van der Waals surface area contributed by atoms with Crippen LogP contribution in [0.3, 0.4) is 0 Å². The molecule has 2 rings (SSSR count). The van der Waals surface area contributed by atoms with E-state index in [9.17, 15) is 8.42 Å². The lowest BCUT2D eigenvalue weighted by Crippen LogP contribution is -2.58. The van der Waals surface area contributed by atoms with Crippen LogP contribution in [0.5, 0.6) is 0 Å². The lowest BCUT2D eigenvalue weighted by molar-refractivity contribution is 0.0801. The smallest absolute Gasteiger partial charge is 0.243 e. The Labute approximate surface area is 135 Å². The summed E-state index contributed by atoms with van der Waals surface area (Å²) in [7, 11) is -1.52. The molecule has 5 nitrogen and oxygen atoms in total. The van der Waals surface area contributed by atoms with Crippen molar-refractivity contribution in [2.75, 3.05) is 32.4 Å². The number of nitrogens with zero attached hydrogens (tertiary/aromatic N) is 2. The number of hydrogen-bond acceptors (Lipinski definition) is 4. The summed E-state index contributed by atoms with van der Waals surface area (Å²) in [5.74, 6) is 0. The van der Waals surface area contributed by atoms with E-state index in [-0.39, 0.29) is 10.4 Å². The van der Waals surface area contributed by atoms with Crippen molar-refractivity contribution in [2.24, 2.45) is 0 Å². The van der Waals surface area contributed by atoms with Crippen molar-refractivity contribution in [3.05, 3.63) is 22.2 Å². The molecule has 1 aliphatic heterocycles. The lowest BCUT2D eigenvalue weighted by atomic mass is 10.0. The Hall–Kier alpha value is -0.630. The molecule has 1 saturated heterocycles. The van der Waals surface area contributed by atoms with Crippen molar-refractivity contribution in [1.29, 1.82) is 0 Å². The fourth-order valence-corrected chi connectivity index (χ4v) is 4.98. The van der Waals surface area contributed by atoms with Gasteiger partial charge in [0.05, 0.1) is 4.90 Å². The van der Waals surface area contributed by atoms with Crippen LogP contribution in [0.1, 0.15) is 19.4 Å². The van der Waals surface area contributed by atoms with Crippen molar-refractivity contribution >= 4 is 31.6 Å². The molecule has 21 heavy (non-hydrogen) atoms. The van der Waals surface area contributed by atoms with Crippen LogP contribution in [-0.2, 0) is 10.0 Å². The number of halogens is 1. The first kappa shape index (κ1) is 16.7. The SMILES string of the molecule is Cc1c(N)cc(Br)cc1S(=O)(=O)N1CCN(C)C(C)(C)C1. The zero-order valence-corrected chi connectivity index (χ0v) is 15.3. The average molecular weight is 376 g/mol. The van der Waals surface area contributed by atoms with E-state index in [1.54, 1.807) is 23.4 Å². The minimum Gasteiger partial charge on any atom is -0.398 e. The van der Waals surface area contributed by atoms with Gasteiger partial charge in [-0.05, 0) is 45.5 Å². The summed E-state index contributed by atoms with van der Waals surface area (Å²) in [5.41, 5.74) is 6.81. The van der Waals surface area contributed by atoms with E-state index < -0.39 is 10.0 Å². The van der Waals surface area contributed by atoms with Crippen LogP contribution in [0.2, 0.25) is 0 Å². The van der Waals surface area contributed by atoms with Gasteiger partial charge in [0, 0.05) is 35.3 Å². The number of hydrogen-bond donors (Lipinski definition) is 1. The Bertz CT molecular complexity index is 658. The summed E-state index contributed by atoms with van der Waals surface area (Å²) < 4.78 is 28.1. The zero-order chi connectivity index (χ0) is 16.0. The Morgan fingerprint density at radius 2 is 1.90 bits per heavy atom. The van der Waals surface area contributed by atoms with Crippen LogP contribution in [0, 0.1) is 6.92 Å². The molecule has 0 aliphatic carbocycles. The van der Waals surface area contributed by atoms with Gasteiger partial charge >= 0.3 is 0 Å². The number of nitrogen functional groups attached to an aromatic ring is 1. The van der Waals surface area contributed by atoms with Crippen LogP contribution in [0.25, 0.3) is 0 Å². The number of likely N-dealkylation sites (N-methyl/N-ethyl adjacent to an activating group) is 1. The number of anilines is 1. The van der Waals surface area contributed by atoms with E-state index in [1.807, 2.05) is 7.05 Å². The van der Waals surface area contributed by atoms with Gasteiger partial charge in [0.15, 0.2) is 0 Å². The first-order valence-electron chi connectivity index (χ1n) is 6.83. The second-order valence-corrected chi connectivity index (χ2v) is 9.01. The fourth-order valence-electron chi connectivity index (χ4n) is 2.48. The molecule has 1 heterocycles. The Kier molecular flexibility index (Phi) is 4.41. The summed E-state index contributed by atoms with van der Waals surface area (Å²) in [5, 5.41) is 0. The maximum absolute atomic E-state index is 12.9. The summed E-state index contributed by atoms with van der Waals surface area (Å²) in [4.78, 5) is 2.47. The summed E-state index contributed by atoms with van der Waals surface area (Å²) >= 11 is 3.32. The highest BCUT2D eigenvalue weighted by Gasteiger charge is 2.37. The molecular weight excluding hydrogens is 354 g/mol. The van der Waals surface area contributed by atoms with Crippen molar-refractivity contribution in [3.8, 4) is 0 Å². The Morgan fingerprint density at radius 3 is 2.48 bits per heavy atom. The third-order valence-electron chi connectivity index (χ3n) is 4.26. The molecule has 118 valence electrons. The van der Waals surface area contributed by atoms with E-state index >= 15 is 0 Å². The molecule has 0 spiro atoms. The minimum atomic E-state index is -3.54. The van der Waals surface area contributed by atoms with Gasteiger partial charge in [0.25, 0.3) is 0 Å². The summed E-state index contributed by atoms with van der Waals surface area (Å²) in [6, 6.07) is 3.36. The van der Waals surface area contributed by atoms with Gasteiger partial charge in [-0.3, -0.25) is 4.90 Å². The molecule has 0 aromatic heterocycles. The van der Waals surface area contributed by atoms with E-state index in [0.717, 1.165) is 6.54 Å². The Morgan fingerprint density at radius 1 is 1.29 bits per heavy atom. The number of benzene rings is 1. The Balaban J connectivity index is 2.44. The van der Waals surface area contributed by atoms with Gasteiger partial charge in [-0.2, -0.15) is 4.31 Å². The topological polar surface area (TPSA) is 66.6 Å². The predicted octanol–water partition coefficient (Wildman–Crippen LogP) is 2.05. The standard InChI is InChI=1S/C14H22BrN3O2S/c1-10-12(16)7-11(15)8-13(10)21(19,20)18-6-5-17(4)14(2,3)9-18/h7-8H,5-6,9,16H2,1-4H3. The first-order valence-corrected chi connectivity index (χ1v) is 9.06. The van der Waals surface area contributed by atoms with Gasteiger partial charge in [0.1, 0.15) is 0 Å². The zero-order valence-electron chi connectivity index (χ0n) is 12.9. The molecule has 2 N–H and O–H groups in total. The molecule has 0 saturated carbocycles. The molecule has 7 heteroatoms. The molecule has 0 radical (unpaired) electrons. The fraction of sp³-hybridized carbons (Fsp3) is 0.571. The van der Waals surface area contributed by atoms with Crippen LogP contribution in [-0.4, -0.2) is 49.8 Å². The predicted molar refractivity (Wildman–Crippen MR) is 88.8 cm³/mol. The third-order valence-corrected chi connectivity index (χ3v) is 6.69. The summed E-state index contributed by atoms with van der Waals surface area (Å²) in [6.45, 7) is 7.53. The second-order valence-electron chi connectivity index (χ2n) is 6.19. The van der Waals surface area contributed by atoms with Crippen molar-refractivity contribution in [2.45, 2.75) is 31.2 Å². The molecule has 0 bridgehead atoms. The maximum atomic E-state index is 12.9. The highest BCUT2D eigenvalue weighted by Crippen LogP contribution is 2.31. The second kappa shape index (κ2) is 5.53. The number of nitrogens with two attached hydrogens (primary N) is 1. The molecule has 1 aromatic carbocycles. The summed E-state index contributed by atoms with van der Waals surface area (Å²) in [6.07, 6.45) is 0. The molecule has 0 atom stereocenters. The quantitative estimate of drug-likeness (QED) is 0.803. The minimum absolute atomic E-state index is 0.184. The largest absolute Gasteiger partial charge is 0.398 e. The van der Waals surface area contributed by atoms with Gasteiger partial charge in [-0.25, -0.2) is 8.42 Å². The van der Waals surface area contributed by atoms with Gasteiger partial charge < -0.3 is 5.73 Å². The van der Waals surface area contributed by atoms with Crippen LogP contribution < -0.4 is 5.73 Å². The highest BCUT2D eigenvalue weighted by molar-refractivity contribution is 9.10. The van der Waals surface area contributed by atoms with Crippen molar-refractivity contribution < 1.29 is 8.42 Å². The van der Waals surface area contributed by atoms with E-state index in [4.69, 9.17) is 5.73 Å². The lowest BCUT2D eigenvalue weighted by Gasteiger charge is -2.44. The van der Waals surface area contributed by atoms with Crippen molar-refractivity contribution in [3.63, 3.8) is 0 Å². The van der Waals surface area contributed by atoms with E-state index in [2.05, 4.69) is 34.7 Å². The van der Waals surface area contributed by atoms with Crippen LogP contribution >= 0.6 is 15.9 Å². The monoisotopic (exact) mass is 375 g/mol. The molecule has 1 aliphatic rings. The van der Waals surface area contributed by atoms with Gasteiger partial charge in [0.2, 0.25) is 10.0 Å². The molecule has 1 aromatic rings. The van der Waals surface area contributed by atoms with Gasteiger partial charge in [-0.1, -0.05) is 15.9 Å². The maximum Gasteiger partial charge on any atom is 0.243 e. The number of piperazine rings is 1. The molecule has 0 unspecified atom stereocenters. The normalized spacial score (nSPS) is 20.6. The number of rotatable bonds is 2.